The molecule has 5 nitrogen and oxygen atoms in total. The smallest absolute Gasteiger partial charge is 0.323 e. The molecular weight excluding hydrogens is 290 g/mol. The number of benzene rings is 1. The summed E-state index contributed by atoms with van der Waals surface area (Å²) in [5.74, 6) is -2.36. The molecule has 0 aliphatic heterocycles. The van der Waals surface area contributed by atoms with Crippen molar-refractivity contribution < 1.29 is 23.1 Å². The first kappa shape index (κ1) is 16.4. The van der Waals surface area contributed by atoms with E-state index in [-0.39, 0.29) is 17.2 Å². The normalized spacial score (nSPS) is 11.8. The van der Waals surface area contributed by atoms with Crippen LogP contribution in [0, 0.1) is 11.6 Å². The second-order valence-corrected chi connectivity index (χ2v) is 4.88. The number of halogens is 2. The van der Waals surface area contributed by atoms with Crippen molar-refractivity contribution in [2.75, 3.05) is 23.9 Å². The maximum absolute atomic E-state index is 12.9. The van der Waals surface area contributed by atoms with Gasteiger partial charge in [0.25, 0.3) is 0 Å². The second-order valence-electron chi connectivity index (χ2n) is 3.85. The molecule has 8 heteroatoms. The molecule has 0 aromatic heterocycles. The third-order valence-corrected chi connectivity index (χ3v) is 3.24. The van der Waals surface area contributed by atoms with Crippen LogP contribution in [0.4, 0.5) is 14.5 Å². The van der Waals surface area contributed by atoms with E-state index in [0.717, 1.165) is 23.9 Å². The molecule has 1 atom stereocenters. The Hall–Kier alpha value is -1.67. The molecule has 0 bridgehead atoms. The number of thioether (sulfide) groups is 1. The SMILES string of the molecule is COC(=O)C(N)CSCC(=O)Nc1cc(F)cc(F)c1. The van der Waals surface area contributed by atoms with Gasteiger partial charge in [0.1, 0.15) is 17.7 Å². The van der Waals surface area contributed by atoms with Crippen molar-refractivity contribution in [2.45, 2.75) is 6.04 Å². The molecule has 0 fully saturated rings. The van der Waals surface area contributed by atoms with E-state index in [1.807, 2.05) is 0 Å². The van der Waals surface area contributed by atoms with Crippen LogP contribution < -0.4 is 11.1 Å². The van der Waals surface area contributed by atoms with Crippen LogP contribution in [0.3, 0.4) is 0 Å². The van der Waals surface area contributed by atoms with E-state index in [1.165, 1.54) is 7.11 Å². The van der Waals surface area contributed by atoms with Gasteiger partial charge in [-0.25, -0.2) is 8.78 Å². The predicted octanol–water partition coefficient (Wildman–Crippen LogP) is 1.14. The Bertz CT molecular complexity index is 479. The quantitative estimate of drug-likeness (QED) is 0.770. The summed E-state index contributed by atoms with van der Waals surface area (Å²) in [7, 11) is 1.22. The summed E-state index contributed by atoms with van der Waals surface area (Å²) >= 11 is 1.12. The molecule has 1 unspecified atom stereocenters. The number of hydrogen-bond acceptors (Lipinski definition) is 5. The fourth-order valence-corrected chi connectivity index (χ4v) is 2.09. The molecule has 0 radical (unpaired) electrons. The lowest BCUT2D eigenvalue weighted by Crippen LogP contribution is -2.34. The van der Waals surface area contributed by atoms with Crippen molar-refractivity contribution in [1.29, 1.82) is 0 Å². The molecule has 1 rings (SSSR count). The van der Waals surface area contributed by atoms with Gasteiger partial charge in [0.15, 0.2) is 0 Å². The summed E-state index contributed by atoms with van der Waals surface area (Å²) in [6, 6.07) is 1.90. The van der Waals surface area contributed by atoms with Crippen LogP contribution in [-0.2, 0) is 14.3 Å². The van der Waals surface area contributed by atoms with E-state index in [2.05, 4.69) is 10.1 Å². The predicted molar refractivity (Wildman–Crippen MR) is 72.3 cm³/mol. The number of nitrogens with one attached hydrogen (secondary N) is 1. The highest BCUT2D eigenvalue weighted by atomic mass is 32.2. The lowest BCUT2D eigenvalue weighted by Gasteiger charge is -2.09. The van der Waals surface area contributed by atoms with Gasteiger partial charge in [0.05, 0.1) is 12.9 Å². The minimum absolute atomic E-state index is 0.00280. The molecule has 1 amide bonds. The van der Waals surface area contributed by atoms with Gasteiger partial charge >= 0.3 is 5.97 Å². The summed E-state index contributed by atoms with van der Waals surface area (Å²) in [5.41, 5.74) is 5.51. The Morgan fingerprint density at radius 2 is 1.95 bits per heavy atom. The molecule has 110 valence electrons. The maximum atomic E-state index is 12.9. The number of carbonyl (C=O) groups is 2. The second kappa shape index (κ2) is 7.81. The Morgan fingerprint density at radius 3 is 2.50 bits per heavy atom. The first-order chi connectivity index (χ1) is 9.42. The summed E-state index contributed by atoms with van der Waals surface area (Å²) < 4.78 is 30.2. The zero-order valence-electron chi connectivity index (χ0n) is 10.7. The highest BCUT2D eigenvalue weighted by Gasteiger charge is 2.14. The Morgan fingerprint density at radius 1 is 1.35 bits per heavy atom. The number of amides is 1. The molecule has 20 heavy (non-hydrogen) atoms. The van der Waals surface area contributed by atoms with Gasteiger partial charge in [0.2, 0.25) is 5.91 Å². The minimum atomic E-state index is -0.815. The van der Waals surface area contributed by atoms with E-state index < -0.39 is 29.6 Å². The lowest BCUT2D eigenvalue weighted by atomic mass is 10.3. The average Bonchev–Trinajstić information content (AvgIpc) is 2.36. The fourth-order valence-electron chi connectivity index (χ4n) is 1.32. The molecule has 0 spiro atoms. The molecule has 0 saturated heterocycles. The van der Waals surface area contributed by atoms with Gasteiger partial charge in [-0.15, -0.1) is 11.8 Å². The monoisotopic (exact) mass is 304 g/mol. The van der Waals surface area contributed by atoms with Crippen molar-refractivity contribution in [2.24, 2.45) is 5.73 Å². The summed E-state index contributed by atoms with van der Waals surface area (Å²) in [4.78, 5) is 22.5. The number of rotatable bonds is 6. The van der Waals surface area contributed by atoms with E-state index in [1.54, 1.807) is 0 Å². The number of ether oxygens (including phenoxy) is 1. The molecular formula is C12H14F2N2O3S. The first-order valence-corrected chi connectivity index (χ1v) is 6.75. The molecule has 1 aromatic carbocycles. The standard InChI is InChI=1S/C12H14F2N2O3S/c1-19-12(18)10(15)5-20-6-11(17)16-9-3-7(13)2-8(14)4-9/h2-4,10H,5-6,15H2,1H3,(H,16,17). The topological polar surface area (TPSA) is 81.4 Å². The van der Waals surface area contributed by atoms with E-state index in [9.17, 15) is 18.4 Å². The third-order valence-electron chi connectivity index (χ3n) is 2.18. The summed E-state index contributed by atoms with van der Waals surface area (Å²) in [5, 5.41) is 2.34. The van der Waals surface area contributed by atoms with Gasteiger partial charge in [-0.1, -0.05) is 0 Å². The van der Waals surface area contributed by atoms with E-state index >= 15 is 0 Å². The van der Waals surface area contributed by atoms with Crippen molar-refractivity contribution in [3.63, 3.8) is 0 Å². The van der Waals surface area contributed by atoms with E-state index in [0.29, 0.717) is 6.07 Å². The van der Waals surface area contributed by atoms with E-state index in [4.69, 9.17) is 5.73 Å². The average molecular weight is 304 g/mol. The number of anilines is 1. The highest BCUT2D eigenvalue weighted by Crippen LogP contribution is 2.13. The molecule has 3 N–H and O–H groups in total. The molecule has 1 aromatic rings. The number of nitrogens with two attached hydrogens (primary N) is 1. The van der Waals surface area contributed by atoms with Crippen LogP contribution in [0.5, 0.6) is 0 Å². The van der Waals surface area contributed by atoms with Crippen LogP contribution in [-0.4, -0.2) is 36.5 Å². The van der Waals surface area contributed by atoms with Crippen LogP contribution in [0.1, 0.15) is 0 Å². The zero-order chi connectivity index (χ0) is 15.1. The molecule has 0 saturated carbocycles. The van der Waals surface area contributed by atoms with Crippen molar-refractivity contribution in [1.82, 2.24) is 0 Å². The molecule has 0 heterocycles. The van der Waals surface area contributed by atoms with Crippen molar-refractivity contribution in [3.05, 3.63) is 29.8 Å². The van der Waals surface area contributed by atoms with Gasteiger partial charge < -0.3 is 15.8 Å². The van der Waals surface area contributed by atoms with Crippen LogP contribution in [0.25, 0.3) is 0 Å². The summed E-state index contributed by atoms with van der Waals surface area (Å²) in [6.07, 6.45) is 0. The van der Waals surface area contributed by atoms with Crippen LogP contribution in [0.2, 0.25) is 0 Å². The zero-order valence-corrected chi connectivity index (χ0v) is 11.5. The van der Waals surface area contributed by atoms with Gasteiger partial charge in [-0.2, -0.15) is 0 Å². The molecule has 0 aliphatic carbocycles. The third kappa shape index (κ3) is 5.54. The Balaban J connectivity index is 2.39. The lowest BCUT2D eigenvalue weighted by molar-refractivity contribution is -0.141. The number of esters is 1. The first-order valence-electron chi connectivity index (χ1n) is 5.59. The highest BCUT2D eigenvalue weighted by molar-refractivity contribution is 8.00. The number of carbonyl (C=O) groups excluding carboxylic acids is 2. The van der Waals surface area contributed by atoms with Crippen molar-refractivity contribution >= 4 is 29.3 Å². The van der Waals surface area contributed by atoms with Crippen LogP contribution in [0.15, 0.2) is 18.2 Å². The summed E-state index contributed by atoms with van der Waals surface area (Å²) in [6.45, 7) is 0. The fraction of sp³-hybridized carbons (Fsp3) is 0.333. The largest absolute Gasteiger partial charge is 0.468 e. The van der Waals surface area contributed by atoms with Crippen molar-refractivity contribution in [3.8, 4) is 0 Å². The maximum Gasteiger partial charge on any atom is 0.323 e. The minimum Gasteiger partial charge on any atom is -0.468 e. The molecule has 0 aliphatic rings. The van der Waals surface area contributed by atoms with Crippen LogP contribution >= 0.6 is 11.8 Å². The van der Waals surface area contributed by atoms with Gasteiger partial charge in [0, 0.05) is 17.5 Å². The van der Waals surface area contributed by atoms with Gasteiger partial charge in [-0.3, -0.25) is 9.59 Å². The van der Waals surface area contributed by atoms with Gasteiger partial charge in [-0.05, 0) is 12.1 Å². The Labute approximate surface area is 118 Å². The number of methoxy groups -OCH3 is 1. The Kier molecular flexibility index (Phi) is 6.40. The number of hydrogen-bond donors (Lipinski definition) is 2.